The van der Waals surface area contributed by atoms with Gasteiger partial charge in [0, 0.05) is 31.1 Å². The third-order valence-electron chi connectivity index (χ3n) is 5.81. The summed E-state index contributed by atoms with van der Waals surface area (Å²) < 4.78 is 20.7. The standard InChI is InChI=1S/C25H22FN3O2/c1-31-21-12-10-20(11-13-21)28-16-18(14-24(28)30)25-27-22-4-2-3-5-23(22)29(25)15-17-6-8-19(26)9-7-17/h2-13,18H,14-16H2,1H3. The van der Waals surface area contributed by atoms with Gasteiger partial charge in [0.1, 0.15) is 17.4 Å². The zero-order chi connectivity index (χ0) is 21.4. The first-order valence-electron chi connectivity index (χ1n) is 10.3. The number of rotatable bonds is 5. The van der Waals surface area contributed by atoms with Gasteiger partial charge in [-0.3, -0.25) is 4.79 Å². The Balaban J connectivity index is 1.49. The molecule has 0 N–H and O–H groups in total. The molecule has 1 amide bonds. The normalized spacial score (nSPS) is 16.3. The molecule has 1 aromatic heterocycles. The number of imidazole rings is 1. The van der Waals surface area contributed by atoms with Crippen molar-refractivity contribution >= 4 is 22.6 Å². The fraction of sp³-hybridized carbons (Fsp3) is 0.200. The Morgan fingerprint density at radius 3 is 2.52 bits per heavy atom. The van der Waals surface area contributed by atoms with Crippen molar-refractivity contribution in [3.63, 3.8) is 0 Å². The first kappa shape index (κ1) is 19.3. The summed E-state index contributed by atoms with van der Waals surface area (Å²) in [6.07, 6.45) is 0.402. The molecule has 0 bridgehead atoms. The maximum absolute atomic E-state index is 13.4. The number of amides is 1. The number of carbonyl (C=O) groups excluding carboxylic acids is 1. The topological polar surface area (TPSA) is 47.4 Å². The predicted molar refractivity (Wildman–Crippen MR) is 118 cm³/mol. The maximum Gasteiger partial charge on any atom is 0.227 e. The van der Waals surface area contributed by atoms with Crippen LogP contribution in [0.4, 0.5) is 10.1 Å². The maximum atomic E-state index is 13.4. The molecule has 156 valence electrons. The van der Waals surface area contributed by atoms with Crippen molar-refractivity contribution in [2.45, 2.75) is 18.9 Å². The number of ether oxygens (including phenoxy) is 1. The summed E-state index contributed by atoms with van der Waals surface area (Å²) in [4.78, 5) is 19.6. The lowest BCUT2D eigenvalue weighted by Crippen LogP contribution is -2.24. The van der Waals surface area contributed by atoms with E-state index in [0.29, 0.717) is 19.5 Å². The quantitative estimate of drug-likeness (QED) is 0.473. The van der Waals surface area contributed by atoms with Gasteiger partial charge in [-0.05, 0) is 54.1 Å². The van der Waals surface area contributed by atoms with Crippen LogP contribution in [0.1, 0.15) is 23.7 Å². The molecule has 5 nitrogen and oxygen atoms in total. The number of nitrogens with zero attached hydrogens (tertiary/aromatic N) is 3. The number of methoxy groups -OCH3 is 1. The number of hydrogen-bond donors (Lipinski definition) is 0. The van der Waals surface area contributed by atoms with Gasteiger partial charge in [-0.2, -0.15) is 0 Å². The third kappa shape index (κ3) is 3.65. The smallest absolute Gasteiger partial charge is 0.227 e. The summed E-state index contributed by atoms with van der Waals surface area (Å²) in [6, 6.07) is 22.0. The average molecular weight is 415 g/mol. The van der Waals surface area contributed by atoms with E-state index in [4.69, 9.17) is 9.72 Å². The van der Waals surface area contributed by atoms with Crippen molar-refractivity contribution in [2.24, 2.45) is 0 Å². The number of halogens is 1. The van der Waals surface area contributed by atoms with Gasteiger partial charge in [-0.15, -0.1) is 0 Å². The van der Waals surface area contributed by atoms with Gasteiger partial charge >= 0.3 is 0 Å². The SMILES string of the molecule is COc1ccc(N2CC(c3nc4ccccc4n3Cc3ccc(F)cc3)CC2=O)cc1. The monoisotopic (exact) mass is 415 g/mol. The van der Waals surface area contributed by atoms with Crippen LogP contribution >= 0.6 is 0 Å². The zero-order valence-electron chi connectivity index (χ0n) is 17.2. The minimum atomic E-state index is -0.254. The lowest BCUT2D eigenvalue weighted by molar-refractivity contribution is -0.117. The second-order valence-corrected chi connectivity index (χ2v) is 7.77. The molecule has 6 heteroatoms. The Kier molecular flexibility index (Phi) is 4.90. The minimum absolute atomic E-state index is 0.0255. The van der Waals surface area contributed by atoms with Crippen molar-refractivity contribution in [2.75, 3.05) is 18.6 Å². The van der Waals surface area contributed by atoms with Gasteiger partial charge in [0.2, 0.25) is 5.91 Å². The van der Waals surface area contributed by atoms with Gasteiger partial charge in [0.05, 0.1) is 18.1 Å². The second-order valence-electron chi connectivity index (χ2n) is 7.77. The summed E-state index contributed by atoms with van der Waals surface area (Å²) in [5, 5.41) is 0. The molecular weight excluding hydrogens is 393 g/mol. The molecule has 4 aromatic rings. The molecule has 0 radical (unpaired) electrons. The molecule has 5 rings (SSSR count). The lowest BCUT2D eigenvalue weighted by Gasteiger charge is -2.18. The third-order valence-corrected chi connectivity index (χ3v) is 5.81. The summed E-state index contributed by atoms with van der Waals surface area (Å²) in [6.45, 7) is 1.14. The average Bonchev–Trinajstić information content (AvgIpc) is 3.36. The molecule has 1 saturated heterocycles. The van der Waals surface area contributed by atoms with E-state index in [1.165, 1.54) is 12.1 Å². The van der Waals surface area contributed by atoms with Crippen molar-refractivity contribution < 1.29 is 13.9 Å². The summed E-state index contributed by atoms with van der Waals surface area (Å²) >= 11 is 0. The first-order chi connectivity index (χ1) is 15.1. The first-order valence-corrected chi connectivity index (χ1v) is 10.3. The fourth-order valence-electron chi connectivity index (χ4n) is 4.24. The Labute approximate surface area is 179 Å². The fourth-order valence-corrected chi connectivity index (χ4v) is 4.24. The molecular formula is C25H22FN3O2. The van der Waals surface area contributed by atoms with Gasteiger partial charge < -0.3 is 14.2 Å². The lowest BCUT2D eigenvalue weighted by atomic mass is 10.1. The van der Waals surface area contributed by atoms with E-state index < -0.39 is 0 Å². The highest BCUT2D eigenvalue weighted by Gasteiger charge is 2.34. The highest BCUT2D eigenvalue weighted by molar-refractivity contribution is 5.96. The Morgan fingerprint density at radius 2 is 1.77 bits per heavy atom. The molecule has 31 heavy (non-hydrogen) atoms. The number of fused-ring (bicyclic) bond motifs is 1. The number of anilines is 1. The number of benzene rings is 3. The summed E-state index contributed by atoms with van der Waals surface area (Å²) in [5.41, 5.74) is 3.75. The second kappa shape index (κ2) is 7.87. The number of carbonyl (C=O) groups is 1. The largest absolute Gasteiger partial charge is 0.497 e. The molecule has 2 heterocycles. The van der Waals surface area contributed by atoms with Crippen LogP contribution in [0.25, 0.3) is 11.0 Å². The highest BCUT2D eigenvalue weighted by Crippen LogP contribution is 2.34. The van der Waals surface area contributed by atoms with Crippen LogP contribution in [0.5, 0.6) is 5.75 Å². The Morgan fingerprint density at radius 1 is 1.03 bits per heavy atom. The molecule has 0 saturated carbocycles. The van der Waals surface area contributed by atoms with E-state index in [1.54, 1.807) is 19.2 Å². The van der Waals surface area contributed by atoms with Crippen LogP contribution in [0.2, 0.25) is 0 Å². The van der Waals surface area contributed by atoms with E-state index in [9.17, 15) is 9.18 Å². The molecule has 1 atom stereocenters. The van der Waals surface area contributed by atoms with E-state index in [-0.39, 0.29) is 17.6 Å². The van der Waals surface area contributed by atoms with Gasteiger partial charge in [-0.1, -0.05) is 24.3 Å². The summed E-state index contributed by atoms with van der Waals surface area (Å²) in [7, 11) is 1.62. The van der Waals surface area contributed by atoms with Crippen molar-refractivity contribution in [3.8, 4) is 5.75 Å². The van der Waals surface area contributed by atoms with Crippen LogP contribution in [-0.4, -0.2) is 29.1 Å². The van der Waals surface area contributed by atoms with Crippen LogP contribution in [0, 0.1) is 5.82 Å². The van der Waals surface area contributed by atoms with Crippen molar-refractivity contribution in [1.82, 2.24) is 9.55 Å². The molecule has 1 aliphatic rings. The van der Waals surface area contributed by atoms with Crippen LogP contribution in [0.3, 0.4) is 0 Å². The zero-order valence-corrected chi connectivity index (χ0v) is 17.2. The Hall–Kier alpha value is -3.67. The predicted octanol–water partition coefficient (Wildman–Crippen LogP) is 4.75. The van der Waals surface area contributed by atoms with Crippen LogP contribution < -0.4 is 9.64 Å². The highest BCUT2D eigenvalue weighted by atomic mass is 19.1. The van der Waals surface area contributed by atoms with Crippen molar-refractivity contribution in [3.05, 3.63) is 90.0 Å². The molecule has 0 aliphatic carbocycles. The number of hydrogen-bond acceptors (Lipinski definition) is 3. The minimum Gasteiger partial charge on any atom is -0.497 e. The molecule has 1 fully saturated rings. The molecule has 1 unspecified atom stereocenters. The molecule has 0 spiro atoms. The van der Waals surface area contributed by atoms with Gasteiger partial charge in [-0.25, -0.2) is 9.37 Å². The van der Waals surface area contributed by atoms with Crippen LogP contribution in [0.15, 0.2) is 72.8 Å². The molecule has 3 aromatic carbocycles. The molecule has 1 aliphatic heterocycles. The number of para-hydroxylation sites is 2. The van der Waals surface area contributed by atoms with E-state index in [2.05, 4.69) is 4.57 Å². The van der Waals surface area contributed by atoms with E-state index in [1.807, 2.05) is 53.4 Å². The van der Waals surface area contributed by atoms with Gasteiger partial charge in [0.15, 0.2) is 0 Å². The van der Waals surface area contributed by atoms with Crippen molar-refractivity contribution in [1.29, 1.82) is 0 Å². The summed E-state index contributed by atoms with van der Waals surface area (Å²) in [5.74, 6) is 1.44. The Bertz CT molecular complexity index is 1230. The van der Waals surface area contributed by atoms with E-state index >= 15 is 0 Å². The van der Waals surface area contributed by atoms with E-state index in [0.717, 1.165) is 33.9 Å². The van der Waals surface area contributed by atoms with Gasteiger partial charge in [0.25, 0.3) is 0 Å². The van der Waals surface area contributed by atoms with Crippen LogP contribution in [-0.2, 0) is 11.3 Å². The number of aromatic nitrogens is 2.